The number of carbonyl (C=O) groups is 4. The molecule has 2 fully saturated rings. The van der Waals surface area contributed by atoms with E-state index >= 15 is 0 Å². The summed E-state index contributed by atoms with van der Waals surface area (Å²) in [6.07, 6.45) is 2.62. The number of nitrogens with one attached hydrogen (secondary N) is 2. The van der Waals surface area contributed by atoms with Crippen molar-refractivity contribution in [1.82, 2.24) is 10.2 Å². The van der Waals surface area contributed by atoms with Crippen molar-refractivity contribution in [3.8, 4) is 0 Å². The second kappa shape index (κ2) is 10.1. The summed E-state index contributed by atoms with van der Waals surface area (Å²) in [4.78, 5) is 51.3. The van der Waals surface area contributed by atoms with Gasteiger partial charge in [-0.05, 0) is 52.0 Å². The van der Waals surface area contributed by atoms with Crippen LogP contribution < -0.4 is 10.6 Å². The van der Waals surface area contributed by atoms with Crippen molar-refractivity contribution in [1.29, 1.82) is 0 Å². The van der Waals surface area contributed by atoms with Crippen LogP contribution in [0.1, 0.15) is 53.4 Å². The lowest BCUT2D eigenvalue weighted by Crippen LogP contribution is -2.47. The van der Waals surface area contributed by atoms with Crippen molar-refractivity contribution in [2.75, 3.05) is 31.6 Å². The van der Waals surface area contributed by atoms with E-state index in [1.807, 2.05) is 6.92 Å². The number of rotatable bonds is 7. The van der Waals surface area contributed by atoms with Crippen molar-refractivity contribution in [3.63, 3.8) is 0 Å². The molecule has 3 amide bonds. The molecule has 1 aromatic heterocycles. The summed E-state index contributed by atoms with van der Waals surface area (Å²) in [5, 5.41) is 6.15. The number of carbonyl (C=O) groups excluding carboxylic acids is 4. The Morgan fingerprint density at radius 3 is 2.35 bits per heavy atom. The molecule has 0 atom stereocenters. The molecular formula is C21H29N3O6S. The van der Waals surface area contributed by atoms with Crippen LogP contribution in [-0.2, 0) is 19.1 Å². The zero-order chi connectivity index (χ0) is 22.5. The quantitative estimate of drug-likeness (QED) is 0.616. The van der Waals surface area contributed by atoms with Crippen molar-refractivity contribution in [3.05, 3.63) is 16.0 Å². The number of nitrogens with zero attached hydrogens (tertiary/aromatic N) is 1. The maximum absolute atomic E-state index is 12.6. The Balaban J connectivity index is 1.48. The number of piperidine rings is 1. The number of amides is 3. The largest absolute Gasteiger partial charge is 0.452 e. The van der Waals surface area contributed by atoms with E-state index < -0.39 is 18.5 Å². The molecule has 2 heterocycles. The highest BCUT2D eigenvalue weighted by Crippen LogP contribution is 2.36. The average molecular weight is 452 g/mol. The number of ether oxygens (including phenoxy) is 2. The molecule has 1 saturated carbocycles. The topological polar surface area (TPSA) is 114 Å². The Labute approximate surface area is 185 Å². The van der Waals surface area contributed by atoms with Gasteiger partial charge in [0.25, 0.3) is 5.91 Å². The number of hydrogen-bond acceptors (Lipinski definition) is 7. The predicted octanol–water partition coefficient (Wildman–Crippen LogP) is 2.61. The predicted molar refractivity (Wildman–Crippen MR) is 115 cm³/mol. The summed E-state index contributed by atoms with van der Waals surface area (Å²) < 4.78 is 10.2. The van der Waals surface area contributed by atoms with Crippen LogP contribution in [0.3, 0.4) is 0 Å². The number of hydrogen-bond donors (Lipinski definition) is 2. The lowest BCUT2D eigenvalue weighted by atomic mass is 10.1. The van der Waals surface area contributed by atoms with E-state index in [-0.39, 0.29) is 24.0 Å². The van der Waals surface area contributed by atoms with E-state index in [0.29, 0.717) is 43.1 Å². The third-order valence-electron chi connectivity index (χ3n) is 5.49. The zero-order valence-corrected chi connectivity index (χ0v) is 18.9. The fraction of sp³-hybridized carbons (Fsp3) is 0.619. The third-order valence-corrected chi connectivity index (χ3v) is 6.62. The number of anilines is 1. The molecule has 3 rings (SSSR count). The molecule has 0 unspecified atom stereocenters. The maximum atomic E-state index is 12.6. The molecular weight excluding hydrogens is 422 g/mol. The van der Waals surface area contributed by atoms with E-state index in [0.717, 1.165) is 23.3 Å². The Morgan fingerprint density at radius 1 is 1.06 bits per heavy atom. The molecule has 1 aliphatic carbocycles. The van der Waals surface area contributed by atoms with Crippen LogP contribution in [0.25, 0.3) is 0 Å². The van der Waals surface area contributed by atoms with Gasteiger partial charge in [0.2, 0.25) is 5.91 Å². The Hall–Kier alpha value is -2.62. The number of likely N-dealkylation sites (tertiary alicyclic amines) is 1. The highest BCUT2D eigenvalue weighted by molar-refractivity contribution is 7.16. The van der Waals surface area contributed by atoms with Crippen molar-refractivity contribution < 1.29 is 28.7 Å². The van der Waals surface area contributed by atoms with Gasteiger partial charge in [0.05, 0.1) is 12.2 Å². The summed E-state index contributed by atoms with van der Waals surface area (Å²) in [6.45, 7) is 6.36. The highest BCUT2D eigenvalue weighted by Gasteiger charge is 2.32. The van der Waals surface area contributed by atoms with Crippen LogP contribution in [0.5, 0.6) is 0 Å². The first-order valence-electron chi connectivity index (χ1n) is 10.6. The van der Waals surface area contributed by atoms with Gasteiger partial charge >= 0.3 is 12.1 Å². The van der Waals surface area contributed by atoms with Gasteiger partial charge in [-0.1, -0.05) is 0 Å². The monoisotopic (exact) mass is 451 g/mol. The molecule has 0 bridgehead atoms. The molecule has 1 aliphatic heterocycles. The molecule has 2 aliphatic rings. The van der Waals surface area contributed by atoms with Gasteiger partial charge in [-0.15, -0.1) is 11.3 Å². The zero-order valence-electron chi connectivity index (χ0n) is 18.1. The molecule has 1 saturated heterocycles. The van der Waals surface area contributed by atoms with Crippen LogP contribution in [0, 0.1) is 19.8 Å². The van der Waals surface area contributed by atoms with E-state index in [1.54, 1.807) is 18.7 Å². The van der Waals surface area contributed by atoms with Crippen LogP contribution in [0.15, 0.2) is 0 Å². The average Bonchev–Trinajstić information content (AvgIpc) is 3.54. The smallest absolute Gasteiger partial charge is 0.409 e. The highest BCUT2D eigenvalue weighted by atomic mass is 32.1. The Kier molecular flexibility index (Phi) is 7.53. The molecule has 0 radical (unpaired) electrons. The molecule has 1 aromatic rings. The summed E-state index contributed by atoms with van der Waals surface area (Å²) in [7, 11) is 0. The second-order valence-corrected chi connectivity index (χ2v) is 9.08. The van der Waals surface area contributed by atoms with Gasteiger partial charge in [-0.2, -0.15) is 0 Å². The fourth-order valence-corrected chi connectivity index (χ4v) is 4.47. The van der Waals surface area contributed by atoms with Crippen molar-refractivity contribution in [2.24, 2.45) is 5.92 Å². The SMILES string of the molecule is CCOC(=O)N1CCC(NC(=O)COC(=O)c2c(NC(=O)C3CC3)sc(C)c2C)CC1. The van der Waals surface area contributed by atoms with Gasteiger partial charge in [0.1, 0.15) is 5.00 Å². The Morgan fingerprint density at radius 2 is 1.74 bits per heavy atom. The van der Waals surface area contributed by atoms with E-state index in [2.05, 4.69) is 10.6 Å². The van der Waals surface area contributed by atoms with Crippen molar-refractivity contribution >= 4 is 40.2 Å². The van der Waals surface area contributed by atoms with E-state index in [1.165, 1.54) is 11.3 Å². The summed E-state index contributed by atoms with van der Waals surface area (Å²) in [6, 6.07) is -0.0876. The molecule has 9 nitrogen and oxygen atoms in total. The first kappa shape index (κ1) is 23.1. The minimum Gasteiger partial charge on any atom is -0.452 e. The first-order chi connectivity index (χ1) is 14.8. The minimum absolute atomic E-state index is 0.0209. The fourth-order valence-electron chi connectivity index (χ4n) is 3.41. The molecule has 0 spiro atoms. The minimum atomic E-state index is -0.625. The van der Waals surface area contributed by atoms with E-state index in [4.69, 9.17) is 9.47 Å². The number of thiophene rings is 1. The Bertz CT molecular complexity index is 856. The van der Waals surface area contributed by atoms with Gasteiger partial charge in [-0.25, -0.2) is 9.59 Å². The maximum Gasteiger partial charge on any atom is 0.409 e. The standard InChI is InChI=1S/C21H29N3O6S/c1-4-29-21(28)24-9-7-15(8-10-24)22-16(25)11-30-20(27)17-12(2)13(3)31-19(17)23-18(26)14-5-6-14/h14-15H,4-11H2,1-3H3,(H,22,25)(H,23,26). The number of esters is 1. The summed E-state index contributed by atoms with van der Waals surface area (Å²) in [5.41, 5.74) is 1.06. The summed E-state index contributed by atoms with van der Waals surface area (Å²) >= 11 is 1.34. The van der Waals surface area contributed by atoms with E-state index in [9.17, 15) is 19.2 Å². The normalized spacial score (nSPS) is 16.5. The number of aryl methyl sites for hydroxylation is 1. The van der Waals surface area contributed by atoms with Crippen molar-refractivity contribution in [2.45, 2.75) is 52.5 Å². The van der Waals surface area contributed by atoms with Gasteiger partial charge in [-0.3, -0.25) is 9.59 Å². The van der Waals surface area contributed by atoms with Crippen LogP contribution in [-0.4, -0.2) is 61.1 Å². The van der Waals surface area contributed by atoms with Crippen LogP contribution in [0.4, 0.5) is 9.80 Å². The first-order valence-corrected chi connectivity index (χ1v) is 11.4. The van der Waals surface area contributed by atoms with Gasteiger partial charge in [0, 0.05) is 29.9 Å². The molecule has 170 valence electrons. The van der Waals surface area contributed by atoms with Gasteiger partial charge in [0.15, 0.2) is 6.61 Å². The lowest BCUT2D eigenvalue weighted by molar-refractivity contribution is -0.125. The lowest BCUT2D eigenvalue weighted by Gasteiger charge is -2.31. The van der Waals surface area contributed by atoms with Crippen LogP contribution in [0.2, 0.25) is 0 Å². The summed E-state index contributed by atoms with van der Waals surface area (Å²) in [5.74, 6) is -1.08. The third kappa shape index (κ3) is 5.96. The molecule has 10 heteroatoms. The van der Waals surface area contributed by atoms with Gasteiger partial charge < -0.3 is 25.0 Å². The second-order valence-electron chi connectivity index (χ2n) is 7.85. The molecule has 0 aromatic carbocycles. The molecule has 31 heavy (non-hydrogen) atoms. The molecule has 2 N–H and O–H groups in total. The van der Waals surface area contributed by atoms with Crippen LogP contribution >= 0.6 is 11.3 Å².